The SMILES string of the molecule is CCCCCCCCCCOC(=O)CC(CCCCCC)CCCCCC(NC[C@H](O)CO)C(=O)OCCCCCCCCC. The summed E-state index contributed by atoms with van der Waals surface area (Å²) >= 11 is 0. The maximum atomic E-state index is 12.8. The van der Waals surface area contributed by atoms with Crippen LogP contribution in [0.5, 0.6) is 0 Å². The second kappa shape index (κ2) is 34.2. The summed E-state index contributed by atoms with van der Waals surface area (Å²) in [4.78, 5) is 25.4. The predicted octanol–water partition coefficient (Wildman–Crippen LogP) is 9.20. The fraction of sp³-hybridized carbons (Fsp3) is 0.947. The van der Waals surface area contributed by atoms with Gasteiger partial charge < -0.3 is 25.0 Å². The number of carbonyl (C=O) groups is 2. The molecule has 0 saturated carbocycles. The number of aliphatic hydroxyl groups is 2. The van der Waals surface area contributed by atoms with Crippen molar-refractivity contribution in [2.24, 2.45) is 5.92 Å². The summed E-state index contributed by atoms with van der Waals surface area (Å²) in [6.45, 7) is 7.48. The standard InChI is InChI=1S/C38H75NO6/c1-4-7-10-13-15-17-18-24-29-44-37(42)31-34(26-21-12-9-6-3)27-22-20-23-28-36(39-32-35(41)33-40)38(43)45-30-25-19-16-14-11-8-5-2/h34-36,39-41H,4-33H2,1-3H3/t34?,35-,36?/m0/s1. The van der Waals surface area contributed by atoms with Gasteiger partial charge in [0.2, 0.25) is 0 Å². The molecule has 0 aliphatic carbocycles. The number of unbranched alkanes of at least 4 members (excludes halogenated alkanes) is 18. The molecule has 268 valence electrons. The largest absolute Gasteiger partial charge is 0.466 e. The van der Waals surface area contributed by atoms with Crippen LogP contribution in [0.1, 0.15) is 188 Å². The second-order valence-electron chi connectivity index (χ2n) is 13.3. The van der Waals surface area contributed by atoms with Crippen molar-refractivity contribution in [2.45, 2.75) is 200 Å². The van der Waals surface area contributed by atoms with Gasteiger partial charge in [-0.1, -0.05) is 149 Å². The first-order valence-electron chi connectivity index (χ1n) is 19.3. The molecule has 0 aromatic heterocycles. The van der Waals surface area contributed by atoms with E-state index >= 15 is 0 Å². The topological polar surface area (TPSA) is 105 Å². The summed E-state index contributed by atoms with van der Waals surface area (Å²) in [6, 6.07) is -0.480. The van der Waals surface area contributed by atoms with E-state index in [-0.39, 0.29) is 25.1 Å². The van der Waals surface area contributed by atoms with Crippen molar-refractivity contribution in [3.63, 3.8) is 0 Å². The van der Waals surface area contributed by atoms with Crippen molar-refractivity contribution in [3.8, 4) is 0 Å². The van der Waals surface area contributed by atoms with E-state index < -0.39 is 12.1 Å². The lowest BCUT2D eigenvalue weighted by Gasteiger charge is -2.20. The van der Waals surface area contributed by atoms with E-state index in [9.17, 15) is 19.8 Å². The maximum Gasteiger partial charge on any atom is 0.323 e. The fourth-order valence-electron chi connectivity index (χ4n) is 5.86. The van der Waals surface area contributed by atoms with E-state index in [0.29, 0.717) is 32.0 Å². The Bertz CT molecular complexity index is 646. The number of nitrogens with one attached hydrogen (secondary N) is 1. The smallest absolute Gasteiger partial charge is 0.323 e. The molecule has 3 atom stereocenters. The molecular formula is C38H75NO6. The fourth-order valence-corrected chi connectivity index (χ4v) is 5.86. The molecule has 0 aliphatic heterocycles. The molecule has 0 saturated heterocycles. The molecular weight excluding hydrogens is 566 g/mol. The lowest BCUT2D eigenvalue weighted by Crippen LogP contribution is -2.42. The van der Waals surface area contributed by atoms with Gasteiger partial charge in [0.25, 0.3) is 0 Å². The molecule has 0 amide bonds. The highest BCUT2D eigenvalue weighted by Crippen LogP contribution is 2.23. The number of hydrogen-bond acceptors (Lipinski definition) is 7. The van der Waals surface area contributed by atoms with Gasteiger partial charge in [0, 0.05) is 13.0 Å². The molecule has 0 fully saturated rings. The minimum atomic E-state index is -0.896. The Morgan fingerprint density at radius 3 is 1.51 bits per heavy atom. The van der Waals surface area contributed by atoms with E-state index in [1.54, 1.807) is 0 Å². The van der Waals surface area contributed by atoms with Gasteiger partial charge in [0.1, 0.15) is 6.04 Å². The van der Waals surface area contributed by atoms with E-state index in [4.69, 9.17) is 9.47 Å². The quantitative estimate of drug-likeness (QED) is 0.0468. The average Bonchev–Trinajstić information content (AvgIpc) is 3.04. The van der Waals surface area contributed by atoms with E-state index in [2.05, 4.69) is 26.1 Å². The molecule has 0 aromatic carbocycles. The van der Waals surface area contributed by atoms with E-state index in [1.165, 1.54) is 89.9 Å². The molecule has 0 aliphatic rings. The number of ether oxygens (including phenoxy) is 2. The minimum absolute atomic E-state index is 0.0474. The molecule has 3 N–H and O–H groups in total. The first-order chi connectivity index (χ1) is 22.0. The predicted molar refractivity (Wildman–Crippen MR) is 187 cm³/mol. The normalized spacial score (nSPS) is 13.4. The number of aliphatic hydroxyl groups excluding tert-OH is 2. The Kier molecular flexibility index (Phi) is 33.3. The van der Waals surface area contributed by atoms with Crippen LogP contribution < -0.4 is 5.32 Å². The van der Waals surface area contributed by atoms with Crippen LogP contribution in [0, 0.1) is 5.92 Å². The van der Waals surface area contributed by atoms with Gasteiger partial charge in [0.05, 0.1) is 25.9 Å². The van der Waals surface area contributed by atoms with Crippen molar-refractivity contribution in [2.75, 3.05) is 26.4 Å². The van der Waals surface area contributed by atoms with Gasteiger partial charge in [-0.15, -0.1) is 0 Å². The first kappa shape index (κ1) is 43.8. The summed E-state index contributed by atoms with van der Waals surface area (Å²) in [6.07, 6.45) is 28.1. The Hall–Kier alpha value is -1.18. The van der Waals surface area contributed by atoms with Crippen molar-refractivity contribution < 1.29 is 29.3 Å². The van der Waals surface area contributed by atoms with Gasteiger partial charge >= 0.3 is 11.9 Å². The monoisotopic (exact) mass is 642 g/mol. The van der Waals surface area contributed by atoms with Crippen LogP contribution in [0.25, 0.3) is 0 Å². The van der Waals surface area contributed by atoms with Crippen LogP contribution in [-0.4, -0.2) is 60.7 Å². The molecule has 45 heavy (non-hydrogen) atoms. The van der Waals surface area contributed by atoms with Crippen molar-refractivity contribution in [1.29, 1.82) is 0 Å². The first-order valence-corrected chi connectivity index (χ1v) is 19.3. The Labute approximate surface area is 278 Å². The zero-order chi connectivity index (χ0) is 33.2. The highest BCUT2D eigenvalue weighted by atomic mass is 16.5. The highest BCUT2D eigenvalue weighted by Gasteiger charge is 2.21. The van der Waals surface area contributed by atoms with Gasteiger partial charge in [-0.05, 0) is 38.0 Å². The van der Waals surface area contributed by atoms with Crippen LogP contribution >= 0.6 is 0 Å². The summed E-state index contributed by atoms with van der Waals surface area (Å²) < 4.78 is 11.2. The number of rotatable bonds is 35. The zero-order valence-corrected chi connectivity index (χ0v) is 30.0. The molecule has 0 bridgehead atoms. The molecule has 0 heterocycles. The van der Waals surface area contributed by atoms with Gasteiger partial charge in [-0.3, -0.25) is 9.59 Å². The summed E-state index contributed by atoms with van der Waals surface area (Å²) in [5, 5.41) is 22.1. The van der Waals surface area contributed by atoms with Crippen LogP contribution in [0.15, 0.2) is 0 Å². The zero-order valence-electron chi connectivity index (χ0n) is 30.0. The third-order valence-corrected chi connectivity index (χ3v) is 8.87. The van der Waals surface area contributed by atoms with Gasteiger partial charge in [-0.25, -0.2) is 0 Å². The summed E-state index contributed by atoms with van der Waals surface area (Å²) in [5.74, 6) is 0.0430. The van der Waals surface area contributed by atoms with Gasteiger partial charge in [0.15, 0.2) is 0 Å². The third-order valence-electron chi connectivity index (χ3n) is 8.87. The van der Waals surface area contributed by atoms with Crippen LogP contribution in [0.2, 0.25) is 0 Å². The molecule has 0 rings (SSSR count). The van der Waals surface area contributed by atoms with Crippen LogP contribution in [0.4, 0.5) is 0 Å². The second-order valence-corrected chi connectivity index (χ2v) is 13.3. The summed E-state index contributed by atoms with van der Waals surface area (Å²) in [7, 11) is 0. The lowest BCUT2D eigenvalue weighted by molar-refractivity contribution is -0.147. The highest BCUT2D eigenvalue weighted by molar-refractivity contribution is 5.75. The van der Waals surface area contributed by atoms with Crippen molar-refractivity contribution in [1.82, 2.24) is 5.32 Å². The summed E-state index contributed by atoms with van der Waals surface area (Å²) in [5.41, 5.74) is 0. The number of carbonyl (C=O) groups excluding carboxylic acids is 2. The molecule has 0 aromatic rings. The van der Waals surface area contributed by atoms with Crippen LogP contribution in [-0.2, 0) is 19.1 Å². The van der Waals surface area contributed by atoms with Crippen molar-refractivity contribution in [3.05, 3.63) is 0 Å². The minimum Gasteiger partial charge on any atom is -0.466 e. The molecule has 7 nitrogen and oxygen atoms in total. The van der Waals surface area contributed by atoms with E-state index in [1.807, 2.05) is 0 Å². The molecule has 0 radical (unpaired) electrons. The molecule has 0 spiro atoms. The maximum absolute atomic E-state index is 12.8. The number of esters is 2. The average molecular weight is 642 g/mol. The van der Waals surface area contributed by atoms with Crippen molar-refractivity contribution >= 4 is 11.9 Å². The Balaban J connectivity index is 4.48. The number of hydrogen-bond donors (Lipinski definition) is 3. The van der Waals surface area contributed by atoms with Gasteiger partial charge in [-0.2, -0.15) is 0 Å². The van der Waals surface area contributed by atoms with Crippen LogP contribution in [0.3, 0.4) is 0 Å². The lowest BCUT2D eigenvalue weighted by atomic mass is 9.91. The van der Waals surface area contributed by atoms with E-state index in [0.717, 1.165) is 64.2 Å². The Morgan fingerprint density at radius 2 is 1.00 bits per heavy atom. The molecule has 2 unspecified atom stereocenters. The Morgan fingerprint density at radius 1 is 0.578 bits per heavy atom. The molecule has 7 heteroatoms. The third kappa shape index (κ3) is 29.9.